The predicted octanol–water partition coefficient (Wildman–Crippen LogP) is 6.17. The molecule has 0 aliphatic rings. The minimum absolute atomic E-state index is 0.0966. The van der Waals surface area contributed by atoms with Crippen molar-refractivity contribution in [3.8, 4) is 0 Å². The SMILES string of the molecule is Cc1ccc(Sc2c(C(=O)Nc3cccc(C(F)(F)F)c3)c(C(F)(F)F)nn2C)cc1. The number of amides is 1. The summed E-state index contributed by atoms with van der Waals surface area (Å²) in [6, 6.07) is 10.5. The van der Waals surface area contributed by atoms with Crippen molar-refractivity contribution >= 4 is 23.4 Å². The number of hydrogen-bond donors (Lipinski definition) is 1. The third-order valence-corrected chi connectivity index (χ3v) is 5.34. The van der Waals surface area contributed by atoms with Crippen LogP contribution in [0.4, 0.5) is 32.0 Å². The van der Waals surface area contributed by atoms with Gasteiger partial charge >= 0.3 is 12.4 Å². The molecule has 3 rings (SSSR count). The highest BCUT2D eigenvalue weighted by Gasteiger charge is 2.41. The normalized spacial score (nSPS) is 12.1. The van der Waals surface area contributed by atoms with Crippen molar-refractivity contribution in [2.45, 2.75) is 29.2 Å². The fourth-order valence-electron chi connectivity index (χ4n) is 2.71. The summed E-state index contributed by atoms with van der Waals surface area (Å²) in [6.07, 6.45) is -9.61. The molecule has 1 amide bonds. The summed E-state index contributed by atoms with van der Waals surface area (Å²) in [5, 5.41) is 5.47. The van der Waals surface area contributed by atoms with Gasteiger partial charge in [0.15, 0.2) is 5.69 Å². The highest BCUT2D eigenvalue weighted by Crippen LogP contribution is 2.39. The van der Waals surface area contributed by atoms with E-state index in [0.29, 0.717) is 11.0 Å². The van der Waals surface area contributed by atoms with Crippen LogP contribution in [0, 0.1) is 6.92 Å². The minimum Gasteiger partial charge on any atom is -0.322 e. The lowest BCUT2D eigenvalue weighted by atomic mass is 10.1. The highest BCUT2D eigenvalue weighted by atomic mass is 32.2. The maximum absolute atomic E-state index is 13.5. The molecular formula is C20H15F6N3OS. The van der Waals surface area contributed by atoms with E-state index in [1.54, 1.807) is 24.3 Å². The van der Waals surface area contributed by atoms with Crippen LogP contribution in [-0.4, -0.2) is 15.7 Å². The summed E-state index contributed by atoms with van der Waals surface area (Å²) >= 11 is 0.892. The van der Waals surface area contributed by atoms with E-state index in [-0.39, 0.29) is 10.7 Å². The van der Waals surface area contributed by atoms with Gasteiger partial charge in [0.1, 0.15) is 10.6 Å². The number of anilines is 1. The summed E-state index contributed by atoms with van der Waals surface area (Å²) < 4.78 is 80.3. The van der Waals surface area contributed by atoms with E-state index in [9.17, 15) is 31.1 Å². The van der Waals surface area contributed by atoms with Gasteiger partial charge < -0.3 is 5.32 Å². The Morgan fingerprint density at radius 1 is 1.00 bits per heavy atom. The first-order valence-electron chi connectivity index (χ1n) is 8.73. The Morgan fingerprint density at radius 2 is 1.65 bits per heavy atom. The van der Waals surface area contributed by atoms with E-state index in [0.717, 1.165) is 40.2 Å². The van der Waals surface area contributed by atoms with Gasteiger partial charge in [-0.05, 0) is 37.3 Å². The number of rotatable bonds is 4. The van der Waals surface area contributed by atoms with E-state index in [1.165, 1.54) is 7.05 Å². The van der Waals surface area contributed by atoms with E-state index < -0.39 is 35.1 Å². The molecule has 11 heteroatoms. The Morgan fingerprint density at radius 3 is 2.23 bits per heavy atom. The average molecular weight is 459 g/mol. The zero-order valence-electron chi connectivity index (χ0n) is 16.1. The number of nitrogens with one attached hydrogen (secondary N) is 1. The van der Waals surface area contributed by atoms with Gasteiger partial charge in [-0.25, -0.2) is 0 Å². The Hall–Kier alpha value is -2.95. The maximum Gasteiger partial charge on any atom is 0.436 e. The van der Waals surface area contributed by atoms with Crippen LogP contribution in [0.1, 0.15) is 27.2 Å². The average Bonchev–Trinajstić information content (AvgIpc) is 3.00. The molecule has 0 radical (unpaired) electrons. The van der Waals surface area contributed by atoms with Gasteiger partial charge in [-0.15, -0.1) is 0 Å². The van der Waals surface area contributed by atoms with E-state index in [2.05, 4.69) is 10.4 Å². The second kappa shape index (κ2) is 8.29. The number of carbonyl (C=O) groups is 1. The summed E-state index contributed by atoms with van der Waals surface area (Å²) in [4.78, 5) is 13.3. The molecule has 0 aliphatic carbocycles. The smallest absolute Gasteiger partial charge is 0.322 e. The number of carbonyl (C=O) groups excluding carboxylic acids is 1. The number of alkyl halides is 6. The number of hydrogen-bond acceptors (Lipinski definition) is 3. The van der Waals surface area contributed by atoms with Gasteiger partial charge in [0, 0.05) is 17.6 Å². The quantitative estimate of drug-likeness (QED) is 0.475. The highest BCUT2D eigenvalue weighted by molar-refractivity contribution is 7.99. The van der Waals surface area contributed by atoms with Crippen LogP contribution in [0.2, 0.25) is 0 Å². The first-order valence-corrected chi connectivity index (χ1v) is 9.55. The van der Waals surface area contributed by atoms with Crippen LogP contribution in [-0.2, 0) is 19.4 Å². The number of nitrogens with zero attached hydrogens (tertiary/aromatic N) is 2. The van der Waals surface area contributed by atoms with E-state index in [4.69, 9.17) is 0 Å². The first-order chi connectivity index (χ1) is 14.4. The molecule has 3 aromatic rings. The third-order valence-electron chi connectivity index (χ3n) is 4.17. The third kappa shape index (κ3) is 5.22. The Balaban J connectivity index is 2.02. The van der Waals surface area contributed by atoms with Gasteiger partial charge in [0.2, 0.25) is 0 Å². The lowest BCUT2D eigenvalue weighted by Crippen LogP contribution is -2.19. The molecule has 0 aliphatic heterocycles. The van der Waals surface area contributed by atoms with Gasteiger partial charge in [0.25, 0.3) is 5.91 Å². The minimum atomic E-state index is -4.94. The van der Waals surface area contributed by atoms with Gasteiger partial charge in [-0.3, -0.25) is 9.48 Å². The number of benzene rings is 2. The first kappa shape index (κ1) is 22.7. The topological polar surface area (TPSA) is 46.9 Å². The van der Waals surface area contributed by atoms with Crippen LogP contribution >= 0.6 is 11.8 Å². The van der Waals surface area contributed by atoms with Crippen LogP contribution in [0.25, 0.3) is 0 Å². The Bertz CT molecular complexity index is 1100. The van der Waals surface area contributed by atoms with Crippen molar-refractivity contribution in [3.63, 3.8) is 0 Å². The second-order valence-electron chi connectivity index (χ2n) is 6.60. The van der Waals surface area contributed by atoms with Crippen LogP contribution in [0.15, 0.2) is 58.5 Å². The fourth-order valence-corrected chi connectivity index (χ4v) is 3.67. The lowest BCUT2D eigenvalue weighted by molar-refractivity contribution is -0.141. The molecule has 4 nitrogen and oxygen atoms in total. The monoisotopic (exact) mass is 459 g/mol. The maximum atomic E-state index is 13.5. The standard InChI is InChI=1S/C20H15F6N3OS/c1-11-6-8-14(9-7-11)31-18-15(16(20(24,25)26)28-29(18)2)17(30)27-13-5-3-4-12(10-13)19(21,22)23/h3-10H,1-2H3,(H,27,30). The molecule has 1 aromatic heterocycles. The summed E-state index contributed by atoms with van der Waals surface area (Å²) in [5.74, 6) is -1.21. The van der Waals surface area contributed by atoms with Crippen molar-refractivity contribution in [2.75, 3.05) is 5.32 Å². The lowest BCUT2D eigenvalue weighted by Gasteiger charge is -2.12. The predicted molar refractivity (Wildman–Crippen MR) is 103 cm³/mol. The van der Waals surface area contributed by atoms with Gasteiger partial charge in [-0.2, -0.15) is 31.4 Å². The molecule has 0 saturated heterocycles. The number of halogens is 6. The van der Waals surface area contributed by atoms with Crippen molar-refractivity contribution < 1.29 is 31.1 Å². The van der Waals surface area contributed by atoms with Crippen molar-refractivity contribution in [1.29, 1.82) is 0 Å². The molecule has 0 fully saturated rings. The van der Waals surface area contributed by atoms with Crippen molar-refractivity contribution in [3.05, 3.63) is 70.9 Å². The molecular weight excluding hydrogens is 444 g/mol. The largest absolute Gasteiger partial charge is 0.436 e. The molecule has 0 saturated carbocycles. The fraction of sp³-hybridized carbons (Fsp3) is 0.200. The molecule has 164 valence electrons. The van der Waals surface area contributed by atoms with E-state index >= 15 is 0 Å². The molecule has 0 spiro atoms. The van der Waals surface area contributed by atoms with Gasteiger partial charge in [0.05, 0.1) is 5.56 Å². The van der Waals surface area contributed by atoms with Crippen LogP contribution < -0.4 is 5.32 Å². The van der Waals surface area contributed by atoms with Crippen molar-refractivity contribution in [1.82, 2.24) is 9.78 Å². The second-order valence-corrected chi connectivity index (χ2v) is 7.66. The molecule has 1 N–H and O–H groups in total. The molecule has 0 unspecified atom stereocenters. The van der Waals surface area contributed by atoms with Gasteiger partial charge in [-0.1, -0.05) is 35.5 Å². The van der Waals surface area contributed by atoms with E-state index in [1.807, 2.05) is 6.92 Å². The number of aryl methyl sites for hydroxylation is 2. The summed E-state index contributed by atoms with van der Waals surface area (Å²) in [6.45, 7) is 1.84. The van der Waals surface area contributed by atoms with Crippen LogP contribution in [0.3, 0.4) is 0 Å². The zero-order chi connectivity index (χ0) is 23.0. The Kier molecular flexibility index (Phi) is 6.08. The Labute approximate surface area is 177 Å². The van der Waals surface area contributed by atoms with Crippen LogP contribution in [0.5, 0.6) is 0 Å². The number of aromatic nitrogens is 2. The van der Waals surface area contributed by atoms with Crippen molar-refractivity contribution in [2.24, 2.45) is 7.05 Å². The zero-order valence-corrected chi connectivity index (χ0v) is 16.9. The summed E-state index contributed by atoms with van der Waals surface area (Å²) in [5.41, 5.74) is -2.58. The molecule has 31 heavy (non-hydrogen) atoms. The molecule has 0 atom stereocenters. The summed E-state index contributed by atoms with van der Waals surface area (Å²) in [7, 11) is 1.26. The molecule has 2 aromatic carbocycles. The molecule has 0 bridgehead atoms. The molecule has 1 heterocycles.